The molecule has 8 nitrogen and oxygen atoms in total. The molecule has 0 unspecified atom stereocenters. The number of hydrogen-bond donors (Lipinski definition) is 1. The maximum atomic E-state index is 13.0. The first kappa shape index (κ1) is 29.2. The fourth-order valence-corrected chi connectivity index (χ4v) is 4.13. The predicted molar refractivity (Wildman–Crippen MR) is 132 cm³/mol. The first-order chi connectivity index (χ1) is 14.6. The molecule has 0 aromatic heterocycles. The van der Waals surface area contributed by atoms with Gasteiger partial charge >= 0.3 is 12.2 Å². The molecule has 1 aliphatic carbocycles. The third-order valence-electron chi connectivity index (χ3n) is 5.57. The van der Waals surface area contributed by atoms with E-state index < -0.39 is 43.7 Å². The van der Waals surface area contributed by atoms with E-state index in [0.29, 0.717) is 6.42 Å². The number of ether oxygens (including phenoxy) is 2. The van der Waals surface area contributed by atoms with Gasteiger partial charge in [-0.15, -0.1) is 0 Å². The predicted octanol–water partition coefficient (Wildman–Crippen LogP) is 5.38. The monoisotopic (exact) mass is 484 g/mol. The Morgan fingerprint density at radius 1 is 0.909 bits per heavy atom. The molecule has 0 aromatic carbocycles. The van der Waals surface area contributed by atoms with Crippen LogP contribution in [-0.4, -0.2) is 60.7 Å². The van der Waals surface area contributed by atoms with Gasteiger partial charge in [0.05, 0.1) is 6.10 Å². The number of amides is 3. The summed E-state index contributed by atoms with van der Waals surface area (Å²) in [6, 6.07) is -1.38. The van der Waals surface area contributed by atoms with Crippen molar-refractivity contribution in [3.63, 3.8) is 0 Å². The molecule has 1 aliphatic rings. The fourth-order valence-electron chi connectivity index (χ4n) is 2.85. The van der Waals surface area contributed by atoms with Crippen molar-refractivity contribution in [3.8, 4) is 0 Å². The summed E-state index contributed by atoms with van der Waals surface area (Å²) in [6.07, 6.45) is 2.52. The number of imide groups is 1. The summed E-state index contributed by atoms with van der Waals surface area (Å²) in [7, 11) is -1.95. The molecule has 0 saturated carbocycles. The third-order valence-corrected chi connectivity index (χ3v) is 10.1. The molecule has 0 bridgehead atoms. The van der Waals surface area contributed by atoms with E-state index in [2.05, 4.69) is 39.2 Å². The van der Waals surface area contributed by atoms with Crippen LogP contribution in [0, 0.1) is 0 Å². The highest BCUT2D eigenvalue weighted by Crippen LogP contribution is 2.38. The van der Waals surface area contributed by atoms with Crippen LogP contribution in [0.3, 0.4) is 0 Å². The summed E-state index contributed by atoms with van der Waals surface area (Å²) < 4.78 is 17.1. The molecule has 33 heavy (non-hydrogen) atoms. The maximum absolute atomic E-state index is 13.0. The van der Waals surface area contributed by atoms with Crippen molar-refractivity contribution in [2.24, 2.45) is 0 Å². The van der Waals surface area contributed by atoms with Crippen LogP contribution in [0.2, 0.25) is 18.1 Å². The molecule has 1 rings (SSSR count). The van der Waals surface area contributed by atoms with Gasteiger partial charge in [0.25, 0.3) is 0 Å². The fraction of sp³-hybridized carbons (Fsp3) is 0.792. The molecular formula is C24H44N2O6Si. The van der Waals surface area contributed by atoms with Crippen LogP contribution in [0.4, 0.5) is 9.59 Å². The first-order valence-electron chi connectivity index (χ1n) is 11.5. The Morgan fingerprint density at radius 2 is 1.36 bits per heavy atom. The van der Waals surface area contributed by atoms with Gasteiger partial charge in [-0.2, -0.15) is 4.90 Å². The highest BCUT2D eigenvalue weighted by atomic mass is 28.4. The van der Waals surface area contributed by atoms with Crippen molar-refractivity contribution in [1.82, 2.24) is 10.2 Å². The number of nitrogens with zero attached hydrogens (tertiary/aromatic N) is 1. The van der Waals surface area contributed by atoms with Gasteiger partial charge in [-0.25, -0.2) is 9.59 Å². The zero-order chi connectivity index (χ0) is 26.0. The molecule has 0 aliphatic heterocycles. The number of nitrogens with one attached hydrogen (secondary N) is 1. The van der Waals surface area contributed by atoms with E-state index in [1.165, 1.54) is 6.92 Å². The Balaban J connectivity index is 2.90. The van der Waals surface area contributed by atoms with Crippen LogP contribution in [0.25, 0.3) is 0 Å². The molecule has 0 saturated heterocycles. The average molecular weight is 485 g/mol. The van der Waals surface area contributed by atoms with Crippen LogP contribution in [0.1, 0.15) is 75.7 Å². The molecule has 0 fully saturated rings. The van der Waals surface area contributed by atoms with Crippen LogP contribution < -0.4 is 5.32 Å². The van der Waals surface area contributed by atoms with Crippen LogP contribution >= 0.6 is 0 Å². The van der Waals surface area contributed by atoms with Crippen LogP contribution in [0.15, 0.2) is 12.2 Å². The van der Waals surface area contributed by atoms with Crippen LogP contribution in [0.5, 0.6) is 0 Å². The molecular weight excluding hydrogens is 440 g/mol. The van der Waals surface area contributed by atoms with E-state index in [0.717, 1.165) is 4.90 Å². The normalized spacial score (nSPS) is 20.2. The minimum absolute atomic E-state index is 0.0814. The lowest BCUT2D eigenvalue weighted by Gasteiger charge is -2.38. The standard InChI is InChI=1S/C24H44N2O6Si/c1-16(26(20(28)30-22(2,3)4)21(29)31-23(5,6)7)19(27)25-17-13-14-18(15-17)32-33(11,12)24(8,9)10/h13-14,16-18H,15H2,1-12H3,(H,25,27)/t16-,17+,18-/m1/s1. The topological polar surface area (TPSA) is 94.2 Å². The second-order valence-corrected chi connectivity index (χ2v) is 16.9. The molecule has 3 atom stereocenters. The lowest BCUT2D eigenvalue weighted by molar-refractivity contribution is -0.126. The summed E-state index contributed by atoms with van der Waals surface area (Å²) >= 11 is 0. The number of rotatable bonds is 5. The van der Waals surface area contributed by atoms with Crippen molar-refractivity contribution in [2.75, 3.05) is 0 Å². The zero-order valence-corrected chi connectivity index (χ0v) is 23.5. The largest absolute Gasteiger partial charge is 0.443 e. The summed E-state index contributed by atoms with van der Waals surface area (Å²) in [5.41, 5.74) is -1.67. The first-order valence-corrected chi connectivity index (χ1v) is 14.5. The Labute approximate surface area is 200 Å². The highest BCUT2D eigenvalue weighted by Gasteiger charge is 2.41. The molecule has 9 heteroatoms. The number of carbonyl (C=O) groups is 3. The summed E-state index contributed by atoms with van der Waals surface area (Å²) in [6.45, 7) is 22.5. The molecule has 0 spiro atoms. The van der Waals surface area contributed by atoms with Crippen molar-refractivity contribution in [3.05, 3.63) is 12.2 Å². The van der Waals surface area contributed by atoms with E-state index in [1.807, 2.05) is 12.2 Å². The van der Waals surface area contributed by atoms with Crippen molar-refractivity contribution < 1.29 is 28.3 Å². The lowest BCUT2D eigenvalue weighted by Crippen LogP contribution is -2.54. The molecule has 190 valence electrons. The lowest BCUT2D eigenvalue weighted by atomic mass is 10.2. The zero-order valence-electron chi connectivity index (χ0n) is 22.5. The van der Waals surface area contributed by atoms with E-state index in [-0.39, 0.29) is 17.2 Å². The summed E-state index contributed by atoms with van der Waals surface area (Å²) in [5, 5.41) is 2.98. The number of hydrogen-bond acceptors (Lipinski definition) is 6. The Bertz CT molecular complexity index is 730. The second kappa shape index (κ2) is 10.2. The van der Waals surface area contributed by atoms with Gasteiger partial charge in [0.15, 0.2) is 8.32 Å². The minimum Gasteiger partial charge on any atom is -0.443 e. The third kappa shape index (κ3) is 9.12. The van der Waals surface area contributed by atoms with Gasteiger partial charge in [0.2, 0.25) is 5.91 Å². The second-order valence-electron chi connectivity index (χ2n) is 12.2. The van der Waals surface area contributed by atoms with E-state index >= 15 is 0 Å². The summed E-state index contributed by atoms with van der Waals surface area (Å²) in [5.74, 6) is -0.477. The van der Waals surface area contributed by atoms with Gasteiger partial charge in [-0.1, -0.05) is 32.9 Å². The molecule has 3 amide bonds. The maximum Gasteiger partial charge on any atom is 0.420 e. The van der Waals surface area contributed by atoms with E-state index in [1.54, 1.807) is 41.5 Å². The SMILES string of the molecule is C[C@H](C(=O)N[C@H]1C=C[C@@H](O[Si](C)(C)C(C)(C)C)C1)N(C(=O)OC(C)(C)C)C(=O)OC(C)(C)C. The smallest absolute Gasteiger partial charge is 0.420 e. The van der Waals surface area contributed by atoms with Gasteiger partial charge in [0.1, 0.15) is 17.2 Å². The van der Waals surface area contributed by atoms with Gasteiger partial charge < -0.3 is 19.2 Å². The minimum atomic E-state index is -1.95. The summed E-state index contributed by atoms with van der Waals surface area (Å²) in [4.78, 5) is 39.3. The van der Waals surface area contributed by atoms with Crippen LogP contribution in [-0.2, 0) is 18.7 Å². The van der Waals surface area contributed by atoms with E-state index in [4.69, 9.17) is 13.9 Å². The van der Waals surface area contributed by atoms with Crippen molar-refractivity contribution >= 4 is 26.4 Å². The number of carbonyl (C=O) groups excluding carboxylic acids is 3. The highest BCUT2D eigenvalue weighted by molar-refractivity contribution is 6.74. The molecule has 1 N–H and O–H groups in total. The van der Waals surface area contributed by atoms with Gasteiger partial charge in [-0.05, 0) is 73.0 Å². The Morgan fingerprint density at radius 3 is 1.76 bits per heavy atom. The molecule has 0 heterocycles. The van der Waals surface area contributed by atoms with Crippen molar-refractivity contribution in [2.45, 2.75) is 123 Å². The van der Waals surface area contributed by atoms with Gasteiger partial charge in [0, 0.05) is 6.04 Å². The Hall–Kier alpha value is -1.87. The Kier molecular flexibility index (Phi) is 8.99. The molecule has 0 radical (unpaired) electrons. The average Bonchev–Trinajstić information content (AvgIpc) is 2.96. The van der Waals surface area contributed by atoms with Gasteiger partial charge in [-0.3, -0.25) is 4.79 Å². The van der Waals surface area contributed by atoms with E-state index in [9.17, 15) is 14.4 Å². The van der Waals surface area contributed by atoms with Crippen molar-refractivity contribution in [1.29, 1.82) is 0 Å². The quantitative estimate of drug-likeness (QED) is 0.416. The molecule has 0 aromatic rings.